The first kappa shape index (κ1) is 14.4. The summed E-state index contributed by atoms with van der Waals surface area (Å²) in [6, 6.07) is 0.00560. The van der Waals surface area contributed by atoms with Gasteiger partial charge in [-0.3, -0.25) is 4.79 Å². The molecule has 0 saturated heterocycles. The zero-order valence-corrected chi connectivity index (χ0v) is 11.8. The molecule has 1 rings (SSSR count). The van der Waals surface area contributed by atoms with Crippen molar-refractivity contribution in [3.63, 3.8) is 0 Å². The number of carbonyl (C=O) groups excluding carboxylic acids is 1. The molecule has 1 unspecified atom stereocenters. The number of nitrogens with zero attached hydrogens (tertiary/aromatic N) is 2. The van der Waals surface area contributed by atoms with Crippen LogP contribution in [0.3, 0.4) is 0 Å². The third-order valence-electron chi connectivity index (χ3n) is 1.99. The highest BCUT2D eigenvalue weighted by Gasteiger charge is 2.19. The smallest absolute Gasteiger partial charge is 0.322 e. The van der Waals surface area contributed by atoms with Crippen molar-refractivity contribution in [1.82, 2.24) is 14.7 Å². The highest BCUT2D eigenvalue weighted by molar-refractivity contribution is 8.00. The maximum atomic E-state index is 11.5. The fraction of sp³-hybridized carbons (Fsp3) is 0.700. The van der Waals surface area contributed by atoms with Crippen LogP contribution in [0.5, 0.6) is 0 Å². The van der Waals surface area contributed by atoms with E-state index in [1.165, 1.54) is 25.0 Å². The molecule has 0 amide bonds. The highest BCUT2D eigenvalue weighted by Crippen LogP contribution is 2.19. The molecule has 5 nitrogen and oxygen atoms in total. The molecule has 0 aliphatic heterocycles. The lowest BCUT2D eigenvalue weighted by atomic mass is 10.2. The molecular formula is C10H17N3O2S2. The number of nitrogens with one attached hydrogen (secondary N) is 1. The maximum Gasteiger partial charge on any atom is 0.322 e. The minimum Gasteiger partial charge on any atom is -0.468 e. The molecule has 96 valence electrons. The normalized spacial score (nSPS) is 12.7. The van der Waals surface area contributed by atoms with Crippen LogP contribution in [-0.2, 0) is 9.53 Å². The van der Waals surface area contributed by atoms with Gasteiger partial charge in [-0.15, -0.1) is 0 Å². The SMILES string of the molecule is COC(=O)C(CCSc1ncns1)NC(C)C. The number of hydrogen-bond donors (Lipinski definition) is 1. The molecule has 17 heavy (non-hydrogen) atoms. The minimum atomic E-state index is -0.250. The number of methoxy groups -OCH3 is 1. The molecule has 1 heterocycles. The topological polar surface area (TPSA) is 64.1 Å². The third kappa shape index (κ3) is 5.47. The second-order valence-electron chi connectivity index (χ2n) is 3.74. The summed E-state index contributed by atoms with van der Waals surface area (Å²) < 4.78 is 9.62. The summed E-state index contributed by atoms with van der Waals surface area (Å²) in [5.41, 5.74) is 0. The molecular weight excluding hydrogens is 258 g/mol. The molecule has 0 saturated carbocycles. The van der Waals surface area contributed by atoms with Gasteiger partial charge in [0.15, 0.2) is 4.34 Å². The number of hydrogen-bond acceptors (Lipinski definition) is 7. The molecule has 0 aromatic carbocycles. The molecule has 0 bridgehead atoms. The number of ether oxygens (including phenoxy) is 1. The molecule has 0 aliphatic rings. The fourth-order valence-electron chi connectivity index (χ4n) is 1.30. The Kier molecular flexibility index (Phi) is 6.46. The second kappa shape index (κ2) is 7.62. The lowest BCUT2D eigenvalue weighted by molar-refractivity contribution is -0.143. The number of carbonyl (C=O) groups is 1. The summed E-state index contributed by atoms with van der Waals surface area (Å²) in [4.78, 5) is 15.6. The molecule has 7 heteroatoms. The Labute approximate surface area is 110 Å². The summed E-state index contributed by atoms with van der Waals surface area (Å²) in [5, 5.41) is 3.19. The van der Waals surface area contributed by atoms with Gasteiger partial charge in [-0.1, -0.05) is 25.6 Å². The van der Waals surface area contributed by atoms with Crippen LogP contribution in [-0.4, -0.2) is 40.3 Å². The minimum absolute atomic E-state index is 0.212. The fourth-order valence-corrected chi connectivity index (χ4v) is 2.82. The molecule has 0 spiro atoms. The van der Waals surface area contributed by atoms with Crippen LogP contribution in [0.15, 0.2) is 10.7 Å². The van der Waals surface area contributed by atoms with E-state index < -0.39 is 0 Å². The van der Waals surface area contributed by atoms with Crippen LogP contribution >= 0.6 is 23.3 Å². The van der Waals surface area contributed by atoms with Crippen LogP contribution in [0.4, 0.5) is 0 Å². The van der Waals surface area contributed by atoms with E-state index in [-0.39, 0.29) is 18.1 Å². The van der Waals surface area contributed by atoms with Gasteiger partial charge in [0.1, 0.15) is 12.4 Å². The quantitative estimate of drug-likeness (QED) is 0.602. The van der Waals surface area contributed by atoms with Crippen molar-refractivity contribution in [2.45, 2.75) is 36.7 Å². The van der Waals surface area contributed by atoms with Crippen molar-refractivity contribution in [3.8, 4) is 0 Å². The number of aromatic nitrogens is 2. The average Bonchev–Trinajstić information content (AvgIpc) is 2.79. The molecule has 0 aliphatic carbocycles. The average molecular weight is 275 g/mol. The maximum absolute atomic E-state index is 11.5. The molecule has 1 aromatic heterocycles. The Bertz CT molecular complexity index is 330. The van der Waals surface area contributed by atoms with E-state index in [1.807, 2.05) is 13.8 Å². The zero-order chi connectivity index (χ0) is 12.7. The van der Waals surface area contributed by atoms with E-state index in [9.17, 15) is 4.79 Å². The zero-order valence-electron chi connectivity index (χ0n) is 10.2. The van der Waals surface area contributed by atoms with Crippen LogP contribution in [0.2, 0.25) is 0 Å². The lowest BCUT2D eigenvalue weighted by Gasteiger charge is -2.18. The number of esters is 1. The monoisotopic (exact) mass is 275 g/mol. The van der Waals surface area contributed by atoms with Crippen molar-refractivity contribution < 1.29 is 9.53 Å². The Morgan fingerprint density at radius 2 is 2.41 bits per heavy atom. The molecule has 1 aromatic rings. The first-order chi connectivity index (χ1) is 8.13. The van der Waals surface area contributed by atoms with Gasteiger partial charge in [-0.25, -0.2) is 4.98 Å². The van der Waals surface area contributed by atoms with Gasteiger partial charge in [0.05, 0.1) is 7.11 Å². The van der Waals surface area contributed by atoms with E-state index in [0.29, 0.717) is 0 Å². The Morgan fingerprint density at radius 3 is 2.94 bits per heavy atom. The standard InChI is InChI=1S/C10H17N3O2S2/c1-7(2)13-8(9(14)15-3)4-5-16-10-11-6-12-17-10/h6-8,13H,4-5H2,1-3H3. The van der Waals surface area contributed by atoms with E-state index >= 15 is 0 Å². The van der Waals surface area contributed by atoms with Gasteiger partial charge in [-0.05, 0) is 18.0 Å². The van der Waals surface area contributed by atoms with Crippen molar-refractivity contribution >= 4 is 29.3 Å². The largest absolute Gasteiger partial charge is 0.468 e. The summed E-state index contributed by atoms with van der Waals surface area (Å²) in [7, 11) is 1.41. The van der Waals surface area contributed by atoms with Gasteiger partial charge in [0.25, 0.3) is 0 Å². The van der Waals surface area contributed by atoms with Gasteiger partial charge in [0.2, 0.25) is 0 Å². The first-order valence-electron chi connectivity index (χ1n) is 5.36. The van der Waals surface area contributed by atoms with Gasteiger partial charge < -0.3 is 10.1 Å². The summed E-state index contributed by atoms with van der Waals surface area (Å²) in [5.74, 6) is 0.603. The summed E-state index contributed by atoms with van der Waals surface area (Å²) in [6.45, 7) is 4.02. The van der Waals surface area contributed by atoms with E-state index in [2.05, 4.69) is 14.7 Å². The number of thioether (sulfide) groups is 1. The molecule has 1 atom stereocenters. The lowest BCUT2D eigenvalue weighted by Crippen LogP contribution is -2.41. The van der Waals surface area contributed by atoms with Crippen LogP contribution < -0.4 is 5.32 Å². The predicted molar refractivity (Wildman–Crippen MR) is 69.3 cm³/mol. The van der Waals surface area contributed by atoms with Gasteiger partial charge in [-0.2, -0.15) is 4.37 Å². The third-order valence-corrected chi connectivity index (χ3v) is 3.82. The van der Waals surface area contributed by atoms with Crippen molar-refractivity contribution in [2.75, 3.05) is 12.9 Å². The Morgan fingerprint density at radius 1 is 1.65 bits per heavy atom. The number of rotatable bonds is 7. The second-order valence-corrected chi connectivity index (χ2v) is 5.86. The van der Waals surface area contributed by atoms with Crippen molar-refractivity contribution in [1.29, 1.82) is 0 Å². The summed E-state index contributed by atoms with van der Waals surface area (Å²) in [6.07, 6.45) is 2.26. The van der Waals surface area contributed by atoms with Crippen LogP contribution in [0, 0.1) is 0 Å². The molecule has 1 N–H and O–H groups in total. The van der Waals surface area contributed by atoms with Crippen molar-refractivity contribution in [3.05, 3.63) is 6.33 Å². The van der Waals surface area contributed by atoms with E-state index in [1.54, 1.807) is 11.8 Å². The highest BCUT2D eigenvalue weighted by atomic mass is 32.2. The molecule has 0 radical (unpaired) electrons. The first-order valence-corrected chi connectivity index (χ1v) is 7.12. The summed E-state index contributed by atoms with van der Waals surface area (Å²) >= 11 is 2.98. The van der Waals surface area contributed by atoms with E-state index in [0.717, 1.165) is 16.5 Å². The van der Waals surface area contributed by atoms with E-state index in [4.69, 9.17) is 4.74 Å². The van der Waals surface area contributed by atoms with Gasteiger partial charge >= 0.3 is 5.97 Å². The molecule has 0 fully saturated rings. The Hall–Kier alpha value is -0.660. The van der Waals surface area contributed by atoms with Crippen molar-refractivity contribution in [2.24, 2.45) is 0 Å². The van der Waals surface area contributed by atoms with Crippen LogP contribution in [0.25, 0.3) is 0 Å². The predicted octanol–water partition coefficient (Wildman–Crippen LogP) is 1.56. The van der Waals surface area contributed by atoms with Gasteiger partial charge in [0, 0.05) is 11.8 Å². The van der Waals surface area contributed by atoms with Crippen LogP contribution in [0.1, 0.15) is 20.3 Å². The Balaban J connectivity index is 2.35.